The van der Waals surface area contributed by atoms with Crippen molar-refractivity contribution in [2.45, 2.75) is 56.4 Å². The molecule has 2 aliphatic rings. The normalized spacial score (nSPS) is 34.9. The molecule has 130 valence electrons. The molecule has 23 heavy (non-hydrogen) atoms. The van der Waals surface area contributed by atoms with Gasteiger partial charge in [-0.2, -0.15) is 13.2 Å². The van der Waals surface area contributed by atoms with Crippen LogP contribution >= 0.6 is 0 Å². The van der Waals surface area contributed by atoms with E-state index in [9.17, 15) is 18.3 Å². The van der Waals surface area contributed by atoms with E-state index in [0.717, 1.165) is 0 Å². The molecule has 1 aliphatic heterocycles. The molecule has 1 atom stereocenters. The first kappa shape index (κ1) is 16.5. The fourth-order valence-electron chi connectivity index (χ4n) is 2.93. The monoisotopic (exact) mass is 336 g/mol. The molecule has 2 heterocycles. The first-order chi connectivity index (χ1) is 10.7. The number of hydrogen-bond acceptors (Lipinski definition) is 5. The van der Waals surface area contributed by atoms with Gasteiger partial charge in [-0.05, 0) is 19.8 Å². The molecule has 1 spiro atoms. The van der Waals surface area contributed by atoms with Crippen molar-refractivity contribution in [3.8, 4) is 5.88 Å². The second-order valence-electron chi connectivity index (χ2n) is 6.21. The molecule has 2 fully saturated rings. The third-order valence-corrected chi connectivity index (χ3v) is 4.16. The van der Waals surface area contributed by atoms with Gasteiger partial charge in [0.25, 0.3) is 0 Å². The first-order valence-corrected chi connectivity index (χ1v) is 7.48. The summed E-state index contributed by atoms with van der Waals surface area (Å²) in [6, 6.07) is 1.36. The summed E-state index contributed by atoms with van der Waals surface area (Å²) in [5.41, 5.74) is -0.915. The van der Waals surface area contributed by atoms with Crippen LogP contribution in [0.3, 0.4) is 0 Å². The fraction of sp³-hybridized carbons (Fsp3) is 0.786. The molecule has 6 nitrogen and oxygen atoms in total. The average molecular weight is 336 g/mol. The predicted molar refractivity (Wildman–Crippen MR) is 71.7 cm³/mol. The standard InChI is InChI=1S/C14H19F3N2O4/c1-12(8-22-13(23-12)5-2-10(20)3-6-13)19-7-4-11(18-19)21-9-14(15,16)17/h4,7,10,20H,2-3,5-6,8-9H2,1H3. The summed E-state index contributed by atoms with van der Waals surface area (Å²) in [5, 5.41) is 13.6. The number of aliphatic hydroxyl groups excluding tert-OH is 1. The first-order valence-electron chi connectivity index (χ1n) is 7.48. The Kier molecular flexibility index (Phi) is 4.06. The van der Waals surface area contributed by atoms with Crippen molar-refractivity contribution in [1.82, 2.24) is 9.78 Å². The van der Waals surface area contributed by atoms with Gasteiger partial charge in [0.1, 0.15) is 0 Å². The number of halogens is 3. The quantitative estimate of drug-likeness (QED) is 0.916. The van der Waals surface area contributed by atoms with Crippen LogP contribution in [-0.4, -0.2) is 46.2 Å². The Morgan fingerprint density at radius 1 is 1.43 bits per heavy atom. The Morgan fingerprint density at radius 3 is 2.78 bits per heavy atom. The van der Waals surface area contributed by atoms with E-state index in [-0.39, 0.29) is 18.6 Å². The second kappa shape index (κ2) is 5.64. The Balaban J connectivity index is 1.66. The van der Waals surface area contributed by atoms with Crippen LogP contribution in [0.25, 0.3) is 0 Å². The molecule has 0 amide bonds. The van der Waals surface area contributed by atoms with Crippen LogP contribution in [-0.2, 0) is 15.2 Å². The molecular weight excluding hydrogens is 317 g/mol. The summed E-state index contributed by atoms with van der Waals surface area (Å²) in [7, 11) is 0. The molecule has 1 aromatic rings. The van der Waals surface area contributed by atoms with E-state index in [0.29, 0.717) is 25.7 Å². The van der Waals surface area contributed by atoms with Gasteiger partial charge in [-0.1, -0.05) is 0 Å². The third-order valence-electron chi connectivity index (χ3n) is 4.16. The smallest absolute Gasteiger partial charge is 0.422 e. The van der Waals surface area contributed by atoms with Crippen LogP contribution in [0.15, 0.2) is 12.3 Å². The van der Waals surface area contributed by atoms with Crippen LogP contribution in [0, 0.1) is 0 Å². The number of aliphatic hydroxyl groups is 1. The summed E-state index contributed by atoms with van der Waals surface area (Å²) >= 11 is 0. The minimum Gasteiger partial charge on any atom is -0.467 e. The summed E-state index contributed by atoms with van der Waals surface area (Å²) in [4.78, 5) is 0. The van der Waals surface area contributed by atoms with E-state index in [2.05, 4.69) is 9.84 Å². The summed E-state index contributed by atoms with van der Waals surface area (Å²) in [6.07, 6.45) is -0.916. The molecule has 1 aromatic heterocycles. The Morgan fingerprint density at radius 2 is 2.13 bits per heavy atom. The van der Waals surface area contributed by atoms with Gasteiger partial charge in [-0.15, -0.1) is 5.10 Å². The molecule has 0 bridgehead atoms. The highest BCUT2D eigenvalue weighted by Crippen LogP contribution is 2.43. The minimum absolute atomic E-state index is 0.118. The lowest BCUT2D eigenvalue weighted by molar-refractivity contribution is -0.227. The molecule has 1 saturated heterocycles. The SMILES string of the molecule is CC1(n2ccc(OCC(F)(F)F)n2)COC2(CCC(O)CC2)O1. The van der Waals surface area contributed by atoms with Gasteiger partial charge in [0.15, 0.2) is 18.1 Å². The van der Waals surface area contributed by atoms with Crippen LogP contribution in [0.1, 0.15) is 32.6 Å². The van der Waals surface area contributed by atoms with E-state index in [1.54, 1.807) is 6.92 Å². The zero-order valence-electron chi connectivity index (χ0n) is 12.7. The molecule has 1 saturated carbocycles. The van der Waals surface area contributed by atoms with Crippen molar-refractivity contribution >= 4 is 0 Å². The highest BCUT2D eigenvalue weighted by Gasteiger charge is 2.51. The van der Waals surface area contributed by atoms with Crippen LogP contribution < -0.4 is 4.74 Å². The van der Waals surface area contributed by atoms with Crippen LogP contribution in [0.5, 0.6) is 5.88 Å². The molecule has 3 rings (SSSR count). The molecule has 1 N–H and O–H groups in total. The van der Waals surface area contributed by atoms with Crippen molar-refractivity contribution in [1.29, 1.82) is 0 Å². The lowest BCUT2D eigenvalue weighted by Crippen LogP contribution is -2.40. The zero-order chi connectivity index (χ0) is 16.7. The third kappa shape index (κ3) is 3.61. The summed E-state index contributed by atoms with van der Waals surface area (Å²) in [5.74, 6) is -0.875. The molecule has 9 heteroatoms. The lowest BCUT2D eigenvalue weighted by Gasteiger charge is -2.35. The van der Waals surface area contributed by atoms with Gasteiger partial charge in [0.05, 0.1) is 12.7 Å². The number of rotatable bonds is 3. The van der Waals surface area contributed by atoms with Crippen molar-refractivity contribution < 1.29 is 32.5 Å². The highest BCUT2D eigenvalue weighted by atomic mass is 19.4. The van der Waals surface area contributed by atoms with Gasteiger partial charge in [-0.25, -0.2) is 4.68 Å². The predicted octanol–water partition coefficient (Wildman–Crippen LogP) is 2.17. The van der Waals surface area contributed by atoms with Crippen molar-refractivity contribution in [2.75, 3.05) is 13.2 Å². The largest absolute Gasteiger partial charge is 0.467 e. The topological polar surface area (TPSA) is 65.7 Å². The Bertz CT molecular complexity index is 554. The van der Waals surface area contributed by atoms with E-state index in [1.807, 2.05) is 0 Å². The second-order valence-corrected chi connectivity index (χ2v) is 6.21. The van der Waals surface area contributed by atoms with E-state index in [4.69, 9.17) is 9.47 Å². The van der Waals surface area contributed by atoms with Crippen molar-refractivity contribution in [3.63, 3.8) is 0 Å². The molecule has 1 unspecified atom stereocenters. The minimum atomic E-state index is -4.41. The Labute approximate surface area is 131 Å². The lowest BCUT2D eigenvalue weighted by atomic mass is 9.92. The van der Waals surface area contributed by atoms with Crippen molar-refractivity contribution in [3.05, 3.63) is 12.3 Å². The van der Waals surface area contributed by atoms with Gasteiger partial charge >= 0.3 is 6.18 Å². The summed E-state index contributed by atoms with van der Waals surface area (Å²) < 4.78 is 54.4. The molecule has 1 aliphatic carbocycles. The number of ether oxygens (including phenoxy) is 3. The van der Waals surface area contributed by atoms with Crippen LogP contribution in [0.4, 0.5) is 13.2 Å². The number of aromatic nitrogens is 2. The average Bonchev–Trinajstić information content (AvgIpc) is 3.07. The van der Waals surface area contributed by atoms with Crippen LogP contribution in [0.2, 0.25) is 0 Å². The highest BCUT2D eigenvalue weighted by molar-refractivity contribution is 5.07. The van der Waals surface area contributed by atoms with Crippen molar-refractivity contribution in [2.24, 2.45) is 0 Å². The van der Waals surface area contributed by atoms with Gasteiger partial charge in [0.2, 0.25) is 5.88 Å². The molecule has 0 radical (unpaired) electrons. The number of hydrogen-bond donors (Lipinski definition) is 1. The fourth-order valence-corrected chi connectivity index (χ4v) is 2.93. The van der Waals surface area contributed by atoms with E-state index in [1.165, 1.54) is 16.9 Å². The number of nitrogens with zero attached hydrogens (tertiary/aromatic N) is 2. The zero-order valence-corrected chi connectivity index (χ0v) is 12.7. The maximum absolute atomic E-state index is 12.2. The van der Waals surface area contributed by atoms with E-state index < -0.39 is 24.3 Å². The van der Waals surface area contributed by atoms with Gasteiger partial charge in [-0.3, -0.25) is 0 Å². The van der Waals surface area contributed by atoms with E-state index >= 15 is 0 Å². The van der Waals surface area contributed by atoms with Gasteiger partial charge in [0, 0.05) is 25.1 Å². The summed E-state index contributed by atoms with van der Waals surface area (Å²) in [6.45, 7) is 0.594. The van der Waals surface area contributed by atoms with Gasteiger partial charge < -0.3 is 19.3 Å². The Hall–Kier alpha value is -1.32. The molecule has 0 aromatic carbocycles. The maximum Gasteiger partial charge on any atom is 0.422 e. The molecular formula is C14H19F3N2O4. The number of alkyl halides is 3. The maximum atomic E-state index is 12.2.